The molecule has 3 nitrogen and oxygen atoms in total. The lowest BCUT2D eigenvalue weighted by Crippen LogP contribution is -2.20. The number of hydrogen-bond acceptors (Lipinski definition) is 3. The molecule has 0 amide bonds. The summed E-state index contributed by atoms with van der Waals surface area (Å²) in [7, 11) is 0. The van der Waals surface area contributed by atoms with Gasteiger partial charge in [-0.3, -0.25) is 0 Å². The summed E-state index contributed by atoms with van der Waals surface area (Å²) in [6.07, 6.45) is 6.84. The van der Waals surface area contributed by atoms with Crippen molar-refractivity contribution in [3.05, 3.63) is 23.7 Å². The Bertz CT molecular complexity index is 397. The Hall–Kier alpha value is -1.27. The Balaban J connectivity index is 1.60. The van der Waals surface area contributed by atoms with E-state index in [0.29, 0.717) is 5.76 Å². The minimum Gasteiger partial charge on any atom is -0.449 e. The maximum Gasteiger partial charge on any atom is 0.203 e. The van der Waals surface area contributed by atoms with E-state index >= 15 is 0 Å². The molecule has 1 aliphatic rings. The Kier molecular flexibility index (Phi) is 4.83. The average Bonchev–Trinajstić information content (AvgIpc) is 2.85. The predicted octanol–water partition coefficient (Wildman–Crippen LogP) is 3.46. The van der Waals surface area contributed by atoms with Crippen LogP contribution in [0.25, 0.3) is 0 Å². The van der Waals surface area contributed by atoms with Crippen molar-refractivity contribution in [1.29, 1.82) is 5.26 Å². The van der Waals surface area contributed by atoms with Crippen molar-refractivity contribution < 1.29 is 4.42 Å². The topological polar surface area (TPSA) is 49.0 Å². The van der Waals surface area contributed by atoms with Gasteiger partial charge in [-0.05, 0) is 36.9 Å². The van der Waals surface area contributed by atoms with Crippen LogP contribution in [0, 0.1) is 23.2 Å². The third kappa shape index (κ3) is 3.89. The largest absolute Gasteiger partial charge is 0.449 e. The fraction of sp³-hybridized carbons (Fsp3) is 0.667. The van der Waals surface area contributed by atoms with E-state index in [2.05, 4.69) is 12.2 Å². The van der Waals surface area contributed by atoms with Gasteiger partial charge in [0.25, 0.3) is 0 Å². The molecule has 1 aromatic rings. The highest BCUT2D eigenvalue weighted by Gasteiger charge is 2.17. The molecule has 1 aromatic heterocycles. The van der Waals surface area contributed by atoms with Crippen LogP contribution in [-0.4, -0.2) is 6.54 Å². The van der Waals surface area contributed by atoms with Crippen LogP contribution in [0.3, 0.4) is 0 Å². The van der Waals surface area contributed by atoms with E-state index in [4.69, 9.17) is 9.68 Å². The van der Waals surface area contributed by atoms with E-state index < -0.39 is 0 Å². The summed E-state index contributed by atoms with van der Waals surface area (Å²) in [5.41, 5.74) is 0. The summed E-state index contributed by atoms with van der Waals surface area (Å²) >= 11 is 0. The molecule has 0 bridgehead atoms. The molecule has 1 heterocycles. The molecule has 1 N–H and O–H groups in total. The summed E-state index contributed by atoms with van der Waals surface area (Å²) in [5.74, 6) is 3.08. The molecule has 0 spiro atoms. The van der Waals surface area contributed by atoms with Crippen molar-refractivity contribution in [1.82, 2.24) is 5.32 Å². The lowest BCUT2D eigenvalue weighted by Gasteiger charge is -2.26. The van der Waals surface area contributed by atoms with Crippen LogP contribution in [0.4, 0.5) is 0 Å². The highest BCUT2D eigenvalue weighted by Crippen LogP contribution is 2.29. The van der Waals surface area contributed by atoms with Gasteiger partial charge in [0, 0.05) is 0 Å². The number of furan rings is 1. The highest BCUT2D eigenvalue weighted by atomic mass is 16.3. The van der Waals surface area contributed by atoms with E-state index in [-0.39, 0.29) is 0 Å². The summed E-state index contributed by atoms with van der Waals surface area (Å²) in [6, 6.07) is 5.59. The Morgan fingerprint density at radius 3 is 2.78 bits per heavy atom. The second-order valence-corrected chi connectivity index (χ2v) is 5.47. The van der Waals surface area contributed by atoms with Gasteiger partial charge in [-0.15, -0.1) is 0 Å². The second kappa shape index (κ2) is 6.61. The van der Waals surface area contributed by atoms with Crippen LogP contribution >= 0.6 is 0 Å². The minimum atomic E-state index is 0.396. The Labute approximate surface area is 109 Å². The van der Waals surface area contributed by atoms with E-state index in [1.165, 1.54) is 32.1 Å². The van der Waals surface area contributed by atoms with Crippen LogP contribution in [0.5, 0.6) is 0 Å². The molecule has 0 aliphatic heterocycles. The zero-order chi connectivity index (χ0) is 12.8. The monoisotopic (exact) mass is 246 g/mol. The molecule has 1 aliphatic carbocycles. The summed E-state index contributed by atoms with van der Waals surface area (Å²) in [4.78, 5) is 0. The number of nitrogens with one attached hydrogen (secondary N) is 1. The van der Waals surface area contributed by atoms with Crippen molar-refractivity contribution in [2.24, 2.45) is 11.8 Å². The molecular weight excluding hydrogens is 224 g/mol. The SMILES string of the molecule is CC1CCC(CCNCc2ccc(C#N)o2)CC1. The first-order valence-electron chi connectivity index (χ1n) is 6.97. The van der Waals surface area contributed by atoms with Crippen molar-refractivity contribution in [3.63, 3.8) is 0 Å². The zero-order valence-electron chi connectivity index (χ0n) is 11.1. The molecule has 98 valence electrons. The molecule has 0 radical (unpaired) electrons. The van der Waals surface area contributed by atoms with Gasteiger partial charge < -0.3 is 9.73 Å². The van der Waals surface area contributed by atoms with E-state index in [1.54, 1.807) is 6.07 Å². The van der Waals surface area contributed by atoms with Gasteiger partial charge in [0.15, 0.2) is 0 Å². The summed E-state index contributed by atoms with van der Waals surface area (Å²) in [5, 5.41) is 12.0. The molecular formula is C15H22N2O. The van der Waals surface area contributed by atoms with Gasteiger partial charge in [-0.2, -0.15) is 5.26 Å². The first-order chi connectivity index (χ1) is 8.78. The van der Waals surface area contributed by atoms with Crippen LogP contribution in [0.2, 0.25) is 0 Å². The normalized spacial score (nSPS) is 23.8. The van der Waals surface area contributed by atoms with Gasteiger partial charge in [0.05, 0.1) is 6.54 Å². The third-order valence-corrected chi connectivity index (χ3v) is 3.94. The van der Waals surface area contributed by atoms with Crippen LogP contribution in [0.1, 0.15) is 50.5 Å². The van der Waals surface area contributed by atoms with Gasteiger partial charge in [0.1, 0.15) is 11.8 Å². The lowest BCUT2D eigenvalue weighted by molar-refractivity contribution is 0.274. The van der Waals surface area contributed by atoms with Crippen molar-refractivity contribution in [2.45, 2.75) is 45.6 Å². The molecule has 0 atom stereocenters. The lowest BCUT2D eigenvalue weighted by atomic mass is 9.81. The highest BCUT2D eigenvalue weighted by molar-refractivity contribution is 5.18. The minimum absolute atomic E-state index is 0.396. The van der Waals surface area contributed by atoms with Gasteiger partial charge in [-0.1, -0.05) is 32.6 Å². The smallest absolute Gasteiger partial charge is 0.203 e. The molecule has 2 rings (SSSR count). The van der Waals surface area contributed by atoms with E-state index in [9.17, 15) is 0 Å². The maximum absolute atomic E-state index is 8.65. The van der Waals surface area contributed by atoms with Crippen molar-refractivity contribution in [3.8, 4) is 6.07 Å². The average molecular weight is 246 g/mol. The molecule has 0 saturated heterocycles. The summed E-state index contributed by atoms with van der Waals surface area (Å²) < 4.78 is 5.32. The quantitative estimate of drug-likeness (QED) is 0.809. The number of rotatable bonds is 5. The number of nitriles is 1. The van der Waals surface area contributed by atoms with Crippen molar-refractivity contribution >= 4 is 0 Å². The number of hydrogen-bond donors (Lipinski definition) is 1. The zero-order valence-corrected chi connectivity index (χ0v) is 11.1. The molecule has 1 saturated carbocycles. The summed E-state index contributed by atoms with van der Waals surface area (Å²) in [6.45, 7) is 4.13. The predicted molar refractivity (Wildman–Crippen MR) is 70.9 cm³/mol. The van der Waals surface area contributed by atoms with Gasteiger partial charge in [-0.25, -0.2) is 0 Å². The van der Waals surface area contributed by atoms with Crippen LogP contribution in [-0.2, 0) is 6.54 Å². The van der Waals surface area contributed by atoms with Crippen LogP contribution in [0.15, 0.2) is 16.5 Å². The van der Waals surface area contributed by atoms with Crippen molar-refractivity contribution in [2.75, 3.05) is 6.54 Å². The fourth-order valence-electron chi connectivity index (χ4n) is 2.67. The van der Waals surface area contributed by atoms with E-state index in [0.717, 1.165) is 30.7 Å². The fourth-order valence-corrected chi connectivity index (χ4v) is 2.67. The first-order valence-corrected chi connectivity index (χ1v) is 6.97. The first kappa shape index (κ1) is 13.2. The standard InChI is InChI=1S/C15H22N2O/c1-12-2-4-13(5-3-12)8-9-17-11-15-7-6-14(10-16)18-15/h6-7,12-13,17H,2-5,8-9,11H2,1H3. The molecule has 0 aromatic carbocycles. The molecule has 18 heavy (non-hydrogen) atoms. The molecule has 1 fully saturated rings. The Morgan fingerprint density at radius 1 is 1.33 bits per heavy atom. The second-order valence-electron chi connectivity index (χ2n) is 5.47. The molecule has 0 unspecified atom stereocenters. The molecule has 3 heteroatoms. The third-order valence-electron chi connectivity index (χ3n) is 3.94. The maximum atomic E-state index is 8.65. The van der Waals surface area contributed by atoms with E-state index in [1.807, 2.05) is 12.1 Å². The Morgan fingerprint density at radius 2 is 2.11 bits per heavy atom. The van der Waals surface area contributed by atoms with Gasteiger partial charge in [0.2, 0.25) is 5.76 Å². The van der Waals surface area contributed by atoms with Crippen LogP contribution < -0.4 is 5.32 Å². The number of nitrogens with zero attached hydrogens (tertiary/aromatic N) is 1. The van der Waals surface area contributed by atoms with Gasteiger partial charge >= 0.3 is 0 Å².